The van der Waals surface area contributed by atoms with Crippen molar-refractivity contribution in [3.8, 4) is 6.01 Å². The van der Waals surface area contributed by atoms with Gasteiger partial charge in [0.15, 0.2) is 11.4 Å². The minimum Gasteiger partial charge on any atom is -0.460 e. The molecule has 0 spiro atoms. The van der Waals surface area contributed by atoms with E-state index in [0.29, 0.717) is 49.4 Å². The molecule has 0 radical (unpaired) electrons. The van der Waals surface area contributed by atoms with Gasteiger partial charge in [0.05, 0.1) is 22.4 Å². The fourth-order valence-corrected chi connectivity index (χ4v) is 6.31. The minimum atomic E-state index is -3.78. The van der Waals surface area contributed by atoms with Gasteiger partial charge in [0.1, 0.15) is 17.9 Å². The van der Waals surface area contributed by atoms with Crippen molar-refractivity contribution >= 4 is 32.9 Å². The molecule has 1 amide bonds. The van der Waals surface area contributed by atoms with Crippen LogP contribution in [0.15, 0.2) is 25.2 Å². The highest BCUT2D eigenvalue weighted by Gasteiger charge is 2.62. The second kappa shape index (κ2) is 8.62. The molecule has 12 heteroatoms. The molecule has 0 unspecified atom stereocenters. The molecule has 3 heterocycles. The zero-order valence-corrected chi connectivity index (χ0v) is 21.5. The number of allylic oxidation sites excluding steroid dienone is 1. The third kappa shape index (κ3) is 4.19. The van der Waals surface area contributed by atoms with Gasteiger partial charge < -0.3 is 10.1 Å². The van der Waals surface area contributed by atoms with Gasteiger partial charge in [-0.15, -0.1) is 6.58 Å². The first-order valence-electron chi connectivity index (χ1n) is 12.3. The van der Waals surface area contributed by atoms with E-state index < -0.39 is 32.1 Å². The first kappa shape index (κ1) is 24.8. The number of ether oxygens (including phenoxy) is 1. The van der Waals surface area contributed by atoms with Crippen molar-refractivity contribution in [1.82, 2.24) is 29.6 Å². The highest BCUT2D eigenvalue weighted by molar-refractivity contribution is 7.91. The van der Waals surface area contributed by atoms with E-state index in [2.05, 4.69) is 31.6 Å². The summed E-state index contributed by atoms with van der Waals surface area (Å²) in [5.41, 5.74) is 0.245. The Balaban J connectivity index is 1.25. The maximum atomic E-state index is 13.2. The number of carbonyl (C=O) groups excluding carboxylic acids is 2. The standard InChI is InChI=1S/C24H32N6O5S/c1-5-15-9-24(15,21(32)29-36(33,34)23(4)6-7-23)10-19(31)17-8-16(11-26-17)35-22-28-18-12-25-13-27-20(18)30(22)14(2)3/h5,12-17,26H,1,6-11H2,2-4H3,(H,29,32)/t15-,16-,17+,24-/m1/s1. The summed E-state index contributed by atoms with van der Waals surface area (Å²) in [5, 5.41) is 3.20. The number of amides is 1. The SMILES string of the molecule is C=C[C@@H]1C[C@]1(CC(=O)[C@@H]1C[C@@H](Oc2nc3cncnc3n2C(C)C)CN1)C(=O)NS(=O)(=O)C1(C)CC1. The summed E-state index contributed by atoms with van der Waals surface area (Å²) >= 11 is 0. The predicted octanol–water partition coefficient (Wildman–Crippen LogP) is 1.67. The number of sulfonamides is 1. The summed E-state index contributed by atoms with van der Waals surface area (Å²) in [7, 11) is -3.78. The molecule has 2 N–H and O–H groups in total. The first-order valence-corrected chi connectivity index (χ1v) is 13.8. The average molecular weight is 517 g/mol. The number of nitrogens with one attached hydrogen (secondary N) is 2. The van der Waals surface area contributed by atoms with Gasteiger partial charge in [-0.25, -0.2) is 18.4 Å². The maximum Gasteiger partial charge on any atom is 0.299 e. The highest BCUT2D eigenvalue weighted by atomic mass is 32.2. The average Bonchev–Trinajstić information content (AvgIpc) is 3.63. The van der Waals surface area contributed by atoms with Gasteiger partial charge in [-0.1, -0.05) is 6.08 Å². The Labute approximate surface area is 210 Å². The topological polar surface area (TPSA) is 145 Å². The molecule has 2 saturated carbocycles. The van der Waals surface area contributed by atoms with Crippen LogP contribution in [-0.4, -0.2) is 63.1 Å². The van der Waals surface area contributed by atoms with Crippen LogP contribution in [0.5, 0.6) is 6.01 Å². The normalized spacial score (nSPS) is 28.7. The van der Waals surface area contributed by atoms with Gasteiger partial charge in [-0.05, 0) is 46.0 Å². The van der Waals surface area contributed by atoms with E-state index in [-0.39, 0.29) is 30.3 Å². The van der Waals surface area contributed by atoms with Crippen LogP contribution in [0.4, 0.5) is 0 Å². The lowest BCUT2D eigenvalue weighted by atomic mass is 9.92. The molecule has 1 aliphatic heterocycles. The molecule has 2 aliphatic carbocycles. The number of Topliss-reactive ketones (excluding diaryl/α,β-unsaturated/α-hetero) is 1. The van der Waals surface area contributed by atoms with Crippen molar-refractivity contribution in [2.45, 2.75) is 75.8 Å². The summed E-state index contributed by atoms with van der Waals surface area (Å²) in [6.45, 7) is 9.86. The smallest absolute Gasteiger partial charge is 0.299 e. The molecule has 0 bridgehead atoms. The van der Waals surface area contributed by atoms with Crippen LogP contribution in [0, 0.1) is 11.3 Å². The lowest BCUT2D eigenvalue weighted by Gasteiger charge is -2.20. The van der Waals surface area contributed by atoms with E-state index in [9.17, 15) is 18.0 Å². The molecule has 0 aromatic carbocycles. The van der Waals surface area contributed by atoms with Crippen molar-refractivity contribution in [3.05, 3.63) is 25.2 Å². The molecule has 1 saturated heterocycles. The van der Waals surface area contributed by atoms with E-state index in [0.717, 1.165) is 0 Å². The van der Waals surface area contributed by atoms with Crippen LogP contribution in [0.1, 0.15) is 58.9 Å². The minimum absolute atomic E-state index is 0.0494. The van der Waals surface area contributed by atoms with Crippen molar-refractivity contribution in [2.24, 2.45) is 11.3 Å². The number of hydrogen-bond acceptors (Lipinski definition) is 9. The number of imidazole rings is 1. The Morgan fingerprint density at radius 3 is 2.78 bits per heavy atom. The fraction of sp³-hybridized carbons (Fsp3) is 0.625. The monoisotopic (exact) mass is 516 g/mol. The molecule has 3 fully saturated rings. The summed E-state index contributed by atoms with van der Waals surface area (Å²) < 4.78 is 34.6. The van der Waals surface area contributed by atoms with Gasteiger partial charge in [-0.2, -0.15) is 4.98 Å². The van der Waals surface area contributed by atoms with Crippen LogP contribution in [0.2, 0.25) is 0 Å². The Morgan fingerprint density at radius 1 is 1.39 bits per heavy atom. The Bertz CT molecular complexity index is 1330. The van der Waals surface area contributed by atoms with Crippen LogP contribution >= 0.6 is 0 Å². The van der Waals surface area contributed by atoms with Crippen molar-refractivity contribution in [2.75, 3.05) is 6.54 Å². The first-order chi connectivity index (χ1) is 17.0. The number of fused-ring (bicyclic) bond motifs is 1. The summed E-state index contributed by atoms with van der Waals surface area (Å²) in [6.07, 6.45) is 6.26. The molecule has 2 aromatic rings. The van der Waals surface area contributed by atoms with Crippen LogP contribution in [0.25, 0.3) is 11.2 Å². The molecular weight excluding hydrogens is 484 g/mol. The van der Waals surface area contributed by atoms with Gasteiger partial charge >= 0.3 is 0 Å². The quantitative estimate of drug-likeness (QED) is 0.450. The van der Waals surface area contributed by atoms with Gasteiger partial charge in [0.2, 0.25) is 15.9 Å². The van der Waals surface area contributed by atoms with E-state index in [1.165, 1.54) is 6.33 Å². The Morgan fingerprint density at radius 2 is 2.14 bits per heavy atom. The molecule has 3 aliphatic rings. The third-order valence-corrected chi connectivity index (χ3v) is 9.94. The predicted molar refractivity (Wildman–Crippen MR) is 132 cm³/mol. The second-order valence-electron chi connectivity index (χ2n) is 10.8. The summed E-state index contributed by atoms with van der Waals surface area (Å²) in [4.78, 5) is 39.2. The van der Waals surface area contributed by atoms with Crippen LogP contribution < -0.4 is 14.8 Å². The zero-order valence-electron chi connectivity index (χ0n) is 20.7. The van der Waals surface area contributed by atoms with Crippen molar-refractivity contribution in [3.63, 3.8) is 0 Å². The van der Waals surface area contributed by atoms with Crippen LogP contribution in [0.3, 0.4) is 0 Å². The number of hydrogen-bond donors (Lipinski definition) is 2. The molecule has 11 nitrogen and oxygen atoms in total. The maximum absolute atomic E-state index is 13.2. The largest absolute Gasteiger partial charge is 0.460 e. The fourth-order valence-electron chi connectivity index (χ4n) is 4.98. The summed E-state index contributed by atoms with van der Waals surface area (Å²) in [6, 6.07) is -0.0196. The second-order valence-corrected chi connectivity index (χ2v) is 13.0. The molecule has 4 atom stereocenters. The third-order valence-electron chi connectivity index (χ3n) is 7.78. The Hall–Kier alpha value is -2.86. The van der Waals surface area contributed by atoms with Gasteiger partial charge in [0, 0.05) is 25.4 Å². The van der Waals surface area contributed by atoms with Crippen molar-refractivity contribution < 1.29 is 22.7 Å². The van der Waals surface area contributed by atoms with Crippen molar-refractivity contribution in [1.29, 1.82) is 0 Å². The number of carbonyl (C=O) groups is 2. The van der Waals surface area contributed by atoms with E-state index >= 15 is 0 Å². The summed E-state index contributed by atoms with van der Waals surface area (Å²) in [5.74, 6) is -0.977. The lowest BCUT2D eigenvalue weighted by Crippen LogP contribution is -2.44. The van der Waals surface area contributed by atoms with Crippen LogP contribution in [-0.2, 0) is 19.6 Å². The number of nitrogens with zero attached hydrogens (tertiary/aromatic N) is 4. The van der Waals surface area contributed by atoms with E-state index in [4.69, 9.17) is 4.74 Å². The van der Waals surface area contributed by atoms with Gasteiger partial charge in [-0.3, -0.25) is 18.9 Å². The zero-order chi connectivity index (χ0) is 25.9. The Kier molecular flexibility index (Phi) is 5.94. The number of aromatic nitrogens is 4. The lowest BCUT2D eigenvalue weighted by molar-refractivity contribution is -0.130. The molecule has 194 valence electrons. The molecule has 36 heavy (non-hydrogen) atoms. The van der Waals surface area contributed by atoms with E-state index in [1.807, 2.05) is 18.4 Å². The van der Waals surface area contributed by atoms with Gasteiger partial charge in [0.25, 0.3) is 6.01 Å². The highest BCUT2D eigenvalue weighted by Crippen LogP contribution is 2.57. The number of rotatable bonds is 10. The molecule has 5 rings (SSSR count). The molecular formula is C24H32N6O5S. The molecule has 2 aromatic heterocycles. The number of ketones is 1. The van der Waals surface area contributed by atoms with E-state index in [1.54, 1.807) is 19.2 Å².